The summed E-state index contributed by atoms with van der Waals surface area (Å²) in [7, 11) is 5.04. The first kappa shape index (κ1) is 13.4. The molecule has 0 aliphatic rings. The number of hydrogen-bond acceptors (Lipinski definition) is 3. The van der Waals surface area contributed by atoms with Gasteiger partial charge >= 0.3 is 0 Å². The van der Waals surface area contributed by atoms with Gasteiger partial charge in [-0.3, -0.25) is 4.79 Å². The fraction of sp³-hybridized carbons (Fsp3) is 0.462. The number of likely N-dealkylation sites (N-methyl/N-ethyl adjacent to an activating group) is 1. The second-order valence-electron chi connectivity index (χ2n) is 3.87. The van der Waals surface area contributed by atoms with Crippen molar-refractivity contribution in [1.82, 2.24) is 4.90 Å². The van der Waals surface area contributed by atoms with Crippen LogP contribution in [0.3, 0.4) is 0 Å². The predicted molar refractivity (Wildman–Crippen MR) is 66.6 cm³/mol. The molecule has 0 aliphatic carbocycles. The van der Waals surface area contributed by atoms with E-state index in [0.29, 0.717) is 6.54 Å². The van der Waals surface area contributed by atoms with Crippen LogP contribution in [0.4, 0.5) is 0 Å². The average Bonchev–Trinajstić information content (AvgIpc) is 2.35. The molecule has 0 saturated carbocycles. The lowest BCUT2D eigenvalue weighted by molar-refractivity contribution is -0.127. The predicted octanol–water partition coefficient (Wildman–Crippen LogP) is 1.72. The number of hydrogen-bond donors (Lipinski definition) is 0. The number of rotatable bonds is 5. The van der Waals surface area contributed by atoms with E-state index >= 15 is 0 Å². The number of carbonyl (C=O) groups excluding carboxylic acids is 1. The molecule has 0 spiro atoms. The second-order valence-corrected chi connectivity index (χ2v) is 3.87. The van der Waals surface area contributed by atoms with Gasteiger partial charge < -0.3 is 14.4 Å². The van der Waals surface area contributed by atoms with E-state index in [1.807, 2.05) is 18.2 Å². The summed E-state index contributed by atoms with van der Waals surface area (Å²) in [5.74, 6) is 1.63. The molecule has 0 saturated heterocycles. The Balaban J connectivity index is 2.73. The van der Waals surface area contributed by atoms with Crippen molar-refractivity contribution in [3.63, 3.8) is 0 Å². The first-order valence-corrected chi connectivity index (χ1v) is 5.51. The highest BCUT2D eigenvalue weighted by molar-refractivity contribution is 5.72. The van der Waals surface area contributed by atoms with E-state index in [4.69, 9.17) is 9.47 Å². The summed E-state index contributed by atoms with van der Waals surface area (Å²) in [6.07, 6.45) is 0.767. The third-order valence-corrected chi connectivity index (χ3v) is 2.75. The van der Waals surface area contributed by atoms with E-state index in [2.05, 4.69) is 0 Å². The SMILES string of the molecule is COc1ccc(CCN(C)C(C)=O)c(OC)c1. The van der Waals surface area contributed by atoms with Gasteiger partial charge in [0.05, 0.1) is 14.2 Å². The van der Waals surface area contributed by atoms with Crippen LogP contribution in [0.1, 0.15) is 12.5 Å². The molecule has 1 amide bonds. The van der Waals surface area contributed by atoms with Crippen LogP contribution in [0.15, 0.2) is 18.2 Å². The normalized spacial score (nSPS) is 9.88. The van der Waals surface area contributed by atoms with Crippen LogP contribution in [0, 0.1) is 0 Å². The van der Waals surface area contributed by atoms with Gasteiger partial charge in [-0.2, -0.15) is 0 Å². The quantitative estimate of drug-likeness (QED) is 0.782. The Kier molecular flexibility index (Phi) is 4.82. The first-order valence-electron chi connectivity index (χ1n) is 5.51. The smallest absolute Gasteiger partial charge is 0.219 e. The number of ether oxygens (including phenoxy) is 2. The largest absolute Gasteiger partial charge is 0.497 e. The number of methoxy groups -OCH3 is 2. The molecule has 0 N–H and O–H groups in total. The van der Waals surface area contributed by atoms with Crippen LogP contribution in [-0.4, -0.2) is 38.6 Å². The highest BCUT2D eigenvalue weighted by Gasteiger charge is 2.07. The average molecular weight is 237 g/mol. The van der Waals surface area contributed by atoms with Crippen molar-refractivity contribution in [2.75, 3.05) is 27.8 Å². The van der Waals surface area contributed by atoms with E-state index in [1.165, 1.54) is 0 Å². The van der Waals surface area contributed by atoms with Crippen LogP contribution in [0.5, 0.6) is 11.5 Å². The van der Waals surface area contributed by atoms with Gasteiger partial charge in [-0.05, 0) is 18.1 Å². The maximum atomic E-state index is 11.1. The van der Waals surface area contributed by atoms with Crippen molar-refractivity contribution < 1.29 is 14.3 Å². The summed E-state index contributed by atoms with van der Waals surface area (Å²) in [6, 6.07) is 5.71. The summed E-state index contributed by atoms with van der Waals surface area (Å²) < 4.78 is 10.4. The van der Waals surface area contributed by atoms with Crippen LogP contribution < -0.4 is 9.47 Å². The zero-order valence-corrected chi connectivity index (χ0v) is 10.8. The van der Waals surface area contributed by atoms with Gasteiger partial charge in [-0.1, -0.05) is 6.07 Å². The summed E-state index contributed by atoms with van der Waals surface area (Å²) in [5.41, 5.74) is 1.07. The lowest BCUT2D eigenvalue weighted by atomic mass is 10.1. The van der Waals surface area contributed by atoms with Crippen molar-refractivity contribution in [1.29, 1.82) is 0 Å². The summed E-state index contributed by atoms with van der Waals surface area (Å²) >= 11 is 0. The van der Waals surface area contributed by atoms with E-state index < -0.39 is 0 Å². The fourth-order valence-corrected chi connectivity index (χ4v) is 1.50. The molecule has 0 radical (unpaired) electrons. The zero-order chi connectivity index (χ0) is 12.8. The van der Waals surface area contributed by atoms with Crippen molar-refractivity contribution in [3.05, 3.63) is 23.8 Å². The Hall–Kier alpha value is -1.71. The lowest BCUT2D eigenvalue weighted by Gasteiger charge is -2.16. The standard InChI is InChI=1S/C13H19NO3/c1-10(15)14(2)8-7-11-5-6-12(16-3)9-13(11)17-4/h5-6,9H,7-8H2,1-4H3. The van der Waals surface area contributed by atoms with Gasteiger partial charge in [0.2, 0.25) is 5.91 Å². The monoisotopic (exact) mass is 237 g/mol. The van der Waals surface area contributed by atoms with Crippen LogP contribution in [0.2, 0.25) is 0 Å². The topological polar surface area (TPSA) is 38.8 Å². The molecule has 4 nitrogen and oxygen atoms in total. The van der Waals surface area contributed by atoms with Crippen LogP contribution in [0.25, 0.3) is 0 Å². The Labute approximate surface area is 102 Å². The molecule has 0 unspecified atom stereocenters. The molecule has 0 bridgehead atoms. The molecule has 0 fully saturated rings. The zero-order valence-electron chi connectivity index (χ0n) is 10.8. The Morgan fingerprint density at radius 3 is 2.53 bits per heavy atom. The third-order valence-electron chi connectivity index (χ3n) is 2.75. The van der Waals surface area contributed by atoms with Gasteiger partial charge in [-0.15, -0.1) is 0 Å². The summed E-state index contributed by atoms with van der Waals surface area (Å²) in [4.78, 5) is 12.8. The molecule has 17 heavy (non-hydrogen) atoms. The number of amides is 1. The summed E-state index contributed by atoms with van der Waals surface area (Å²) in [6.45, 7) is 2.24. The fourth-order valence-electron chi connectivity index (χ4n) is 1.50. The Morgan fingerprint density at radius 2 is 2.00 bits per heavy atom. The minimum absolute atomic E-state index is 0.0671. The maximum absolute atomic E-state index is 11.1. The van der Waals surface area contributed by atoms with E-state index in [-0.39, 0.29) is 5.91 Å². The molecule has 94 valence electrons. The molecule has 1 aromatic carbocycles. The molecular formula is C13H19NO3. The Morgan fingerprint density at radius 1 is 1.29 bits per heavy atom. The van der Waals surface area contributed by atoms with E-state index in [1.54, 1.807) is 33.1 Å². The van der Waals surface area contributed by atoms with Crippen LogP contribution >= 0.6 is 0 Å². The second kappa shape index (κ2) is 6.13. The van der Waals surface area contributed by atoms with Crippen molar-refractivity contribution in [2.24, 2.45) is 0 Å². The molecule has 0 atom stereocenters. The molecule has 0 aromatic heterocycles. The van der Waals surface area contributed by atoms with E-state index in [9.17, 15) is 4.79 Å². The minimum Gasteiger partial charge on any atom is -0.497 e. The number of nitrogens with zero attached hydrogens (tertiary/aromatic N) is 1. The van der Waals surface area contributed by atoms with E-state index in [0.717, 1.165) is 23.5 Å². The molecule has 4 heteroatoms. The van der Waals surface area contributed by atoms with Gasteiger partial charge in [0.15, 0.2) is 0 Å². The van der Waals surface area contributed by atoms with Crippen molar-refractivity contribution in [3.8, 4) is 11.5 Å². The number of carbonyl (C=O) groups is 1. The van der Waals surface area contributed by atoms with Crippen LogP contribution in [-0.2, 0) is 11.2 Å². The highest BCUT2D eigenvalue weighted by Crippen LogP contribution is 2.24. The van der Waals surface area contributed by atoms with Crippen molar-refractivity contribution in [2.45, 2.75) is 13.3 Å². The van der Waals surface area contributed by atoms with Gasteiger partial charge in [-0.25, -0.2) is 0 Å². The van der Waals surface area contributed by atoms with Gasteiger partial charge in [0.25, 0.3) is 0 Å². The maximum Gasteiger partial charge on any atom is 0.219 e. The molecule has 1 rings (SSSR count). The number of benzene rings is 1. The van der Waals surface area contributed by atoms with Gasteiger partial charge in [0.1, 0.15) is 11.5 Å². The highest BCUT2D eigenvalue weighted by atomic mass is 16.5. The molecule has 0 heterocycles. The minimum atomic E-state index is 0.0671. The first-order chi connectivity index (χ1) is 8.08. The molecular weight excluding hydrogens is 218 g/mol. The molecule has 1 aromatic rings. The Bertz CT molecular complexity index is 390. The third kappa shape index (κ3) is 3.66. The van der Waals surface area contributed by atoms with Crippen molar-refractivity contribution >= 4 is 5.91 Å². The summed E-state index contributed by atoms with van der Waals surface area (Å²) in [5, 5.41) is 0. The molecule has 0 aliphatic heterocycles. The van der Waals surface area contributed by atoms with Gasteiger partial charge in [0, 0.05) is 26.6 Å². The lowest BCUT2D eigenvalue weighted by Crippen LogP contribution is -2.26.